The lowest BCUT2D eigenvalue weighted by Gasteiger charge is -2.59. The lowest BCUT2D eigenvalue weighted by Crippen LogP contribution is -2.57. The molecule has 0 aliphatic heterocycles. The number of rotatable bonds is 1. The molecule has 0 N–H and O–H groups in total. The zero-order valence-corrected chi connectivity index (χ0v) is 17.7. The van der Waals surface area contributed by atoms with Crippen LogP contribution in [-0.4, -0.2) is 17.9 Å². The van der Waals surface area contributed by atoms with E-state index in [1.165, 1.54) is 12.5 Å². The van der Waals surface area contributed by atoms with E-state index in [-0.39, 0.29) is 28.8 Å². The molecule has 4 aliphatic carbocycles. The monoisotopic (exact) mass is 383 g/mol. The van der Waals surface area contributed by atoms with Crippen LogP contribution in [0.25, 0.3) is 0 Å². The maximum absolute atomic E-state index is 13.6. The summed E-state index contributed by atoms with van der Waals surface area (Å²) in [6.45, 7) is 8.00. The first-order chi connectivity index (χ1) is 13.2. The maximum Gasteiger partial charge on any atom is 0.302 e. The summed E-state index contributed by atoms with van der Waals surface area (Å²) in [6.07, 6.45) is 7.72. The molecule has 4 heteroatoms. The van der Waals surface area contributed by atoms with E-state index in [1.54, 1.807) is 0 Å². The van der Waals surface area contributed by atoms with Crippen LogP contribution in [0.3, 0.4) is 0 Å². The molecule has 0 radical (unpaired) electrons. The fourth-order valence-corrected chi connectivity index (χ4v) is 7.88. The number of ether oxygens (including phenoxy) is 1. The van der Waals surface area contributed by atoms with Crippen molar-refractivity contribution in [2.45, 2.75) is 85.2 Å². The third-order valence-corrected chi connectivity index (χ3v) is 9.04. The summed E-state index contributed by atoms with van der Waals surface area (Å²) >= 11 is 0. The third kappa shape index (κ3) is 2.77. The van der Waals surface area contributed by atoms with Gasteiger partial charge in [0.2, 0.25) is 0 Å². The fraction of sp³-hybridized carbons (Fsp3) is 0.792. The fourth-order valence-electron chi connectivity index (χ4n) is 7.88. The van der Waals surface area contributed by atoms with Crippen LogP contribution in [0.2, 0.25) is 0 Å². The van der Waals surface area contributed by atoms with Gasteiger partial charge in [0.05, 0.1) is 6.07 Å². The summed E-state index contributed by atoms with van der Waals surface area (Å²) < 4.78 is 5.53. The molecule has 0 saturated heterocycles. The van der Waals surface area contributed by atoms with E-state index in [9.17, 15) is 14.9 Å². The first kappa shape index (κ1) is 19.7. The molecule has 0 heterocycles. The van der Waals surface area contributed by atoms with Gasteiger partial charge in [0, 0.05) is 24.8 Å². The largest absolute Gasteiger partial charge is 0.463 e. The molecule has 0 unspecified atom stereocenters. The van der Waals surface area contributed by atoms with Crippen LogP contribution >= 0.6 is 0 Å². The number of hydrogen-bond donors (Lipinski definition) is 0. The molecule has 0 spiro atoms. The molecule has 7 atom stereocenters. The number of allylic oxidation sites excluding steroid dienone is 2. The number of ketones is 1. The molecule has 4 rings (SSSR count). The number of carbonyl (C=O) groups is 2. The van der Waals surface area contributed by atoms with Gasteiger partial charge in [0.1, 0.15) is 11.9 Å². The average Bonchev–Trinajstić information content (AvgIpc) is 2.97. The van der Waals surface area contributed by atoms with E-state index in [0.29, 0.717) is 30.0 Å². The summed E-state index contributed by atoms with van der Waals surface area (Å²) in [5.74, 6) is 1.82. The first-order valence-corrected chi connectivity index (χ1v) is 11.0. The summed E-state index contributed by atoms with van der Waals surface area (Å²) in [6, 6.07) is 2.35. The second kappa shape index (κ2) is 6.71. The number of carbonyl (C=O) groups excluding carboxylic acids is 2. The van der Waals surface area contributed by atoms with Gasteiger partial charge in [0.25, 0.3) is 0 Å². The van der Waals surface area contributed by atoms with Crippen LogP contribution in [0.1, 0.15) is 79.1 Å². The number of Topliss-reactive ketones (excluding diaryl/α,β-unsaturated/α-hetero) is 1. The second-order valence-electron chi connectivity index (χ2n) is 10.3. The molecule has 4 saturated carbocycles. The van der Waals surface area contributed by atoms with Crippen molar-refractivity contribution in [1.82, 2.24) is 0 Å². The average molecular weight is 384 g/mol. The molecule has 152 valence electrons. The van der Waals surface area contributed by atoms with Gasteiger partial charge < -0.3 is 4.74 Å². The van der Waals surface area contributed by atoms with Crippen molar-refractivity contribution in [2.24, 2.45) is 34.5 Å². The van der Waals surface area contributed by atoms with E-state index in [0.717, 1.165) is 50.5 Å². The minimum absolute atomic E-state index is 0.0235. The van der Waals surface area contributed by atoms with Gasteiger partial charge in [-0.1, -0.05) is 19.4 Å². The number of nitrogens with zero attached hydrogens (tertiary/aromatic N) is 1. The van der Waals surface area contributed by atoms with Crippen LogP contribution in [0.5, 0.6) is 0 Å². The predicted molar refractivity (Wildman–Crippen MR) is 106 cm³/mol. The minimum Gasteiger partial charge on any atom is -0.463 e. The van der Waals surface area contributed by atoms with Crippen LogP contribution in [-0.2, 0) is 14.3 Å². The van der Waals surface area contributed by atoms with Gasteiger partial charge in [0.15, 0.2) is 0 Å². The quantitative estimate of drug-likeness (QED) is 0.473. The number of nitriles is 1. The molecule has 4 aliphatic rings. The Morgan fingerprint density at radius 2 is 1.93 bits per heavy atom. The Labute approximate surface area is 168 Å². The Kier molecular flexibility index (Phi) is 4.72. The Morgan fingerprint density at radius 1 is 1.18 bits per heavy atom. The summed E-state index contributed by atoms with van der Waals surface area (Å²) in [4.78, 5) is 25.0. The van der Waals surface area contributed by atoms with Crippen molar-refractivity contribution in [3.05, 3.63) is 11.1 Å². The molecule has 4 nitrogen and oxygen atoms in total. The molecular formula is C24H33NO3. The van der Waals surface area contributed by atoms with Crippen LogP contribution in [0.15, 0.2) is 11.1 Å². The van der Waals surface area contributed by atoms with E-state index in [1.807, 2.05) is 6.92 Å². The Bertz CT molecular complexity index is 777. The summed E-state index contributed by atoms with van der Waals surface area (Å²) in [5.41, 5.74) is 2.00. The SMILES string of the molecule is CC(=O)O[C@@H]1CC[C@@]2(C)[C@@H](CC[C@@H]3[C@@H]2C(=O)C[C@]2(C)/C(=C(\C)C#N)CC[C@@H]32)C1. The first-order valence-electron chi connectivity index (χ1n) is 11.0. The van der Waals surface area contributed by atoms with Crippen molar-refractivity contribution in [3.63, 3.8) is 0 Å². The van der Waals surface area contributed by atoms with E-state index in [4.69, 9.17) is 4.74 Å². The highest BCUT2D eigenvalue weighted by atomic mass is 16.5. The highest BCUT2D eigenvalue weighted by molar-refractivity contribution is 5.85. The smallest absolute Gasteiger partial charge is 0.302 e. The normalized spacial score (nSPS) is 46.7. The molecule has 0 aromatic heterocycles. The van der Waals surface area contributed by atoms with Crippen LogP contribution in [0, 0.1) is 45.8 Å². The second-order valence-corrected chi connectivity index (χ2v) is 10.3. The van der Waals surface area contributed by atoms with Crippen LogP contribution < -0.4 is 0 Å². The van der Waals surface area contributed by atoms with E-state index < -0.39 is 0 Å². The van der Waals surface area contributed by atoms with Gasteiger partial charge in [-0.25, -0.2) is 0 Å². The number of fused-ring (bicyclic) bond motifs is 5. The van der Waals surface area contributed by atoms with Gasteiger partial charge >= 0.3 is 5.97 Å². The number of hydrogen-bond acceptors (Lipinski definition) is 4. The van der Waals surface area contributed by atoms with Crippen molar-refractivity contribution < 1.29 is 14.3 Å². The third-order valence-electron chi connectivity index (χ3n) is 9.04. The Morgan fingerprint density at radius 3 is 2.61 bits per heavy atom. The summed E-state index contributed by atoms with van der Waals surface area (Å²) in [5, 5.41) is 9.45. The molecule has 0 amide bonds. The predicted octanol–water partition coefficient (Wildman–Crippen LogP) is 4.98. The van der Waals surface area contributed by atoms with Crippen molar-refractivity contribution in [3.8, 4) is 6.07 Å². The van der Waals surface area contributed by atoms with Gasteiger partial charge in [-0.15, -0.1) is 0 Å². The topological polar surface area (TPSA) is 67.2 Å². The van der Waals surface area contributed by atoms with Gasteiger partial charge in [-0.3, -0.25) is 9.59 Å². The van der Waals surface area contributed by atoms with Crippen molar-refractivity contribution in [1.29, 1.82) is 5.26 Å². The molecule has 28 heavy (non-hydrogen) atoms. The lowest BCUT2D eigenvalue weighted by molar-refractivity contribution is -0.166. The maximum atomic E-state index is 13.6. The van der Waals surface area contributed by atoms with Crippen LogP contribution in [0.4, 0.5) is 0 Å². The van der Waals surface area contributed by atoms with E-state index >= 15 is 0 Å². The summed E-state index contributed by atoms with van der Waals surface area (Å²) in [7, 11) is 0. The molecule has 0 bridgehead atoms. The van der Waals surface area contributed by atoms with Crippen molar-refractivity contribution >= 4 is 11.8 Å². The molecule has 0 aromatic carbocycles. The molecule has 0 aromatic rings. The molecular weight excluding hydrogens is 350 g/mol. The highest BCUT2D eigenvalue weighted by Crippen LogP contribution is 2.66. The molecule has 4 fully saturated rings. The number of esters is 1. The zero-order valence-electron chi connectivity index (χ0n) is 17.7. The minimum atomic E-state index is -0.190. The lowest BCUT2D eigenvalue weighted by atomic mass is 9.44. The van der Waals surface area contributed by atoms with Gasteiger partial charge in [-0.05, 0) is 80.5 Å². The van der Waals surface area contributed by atoms with Gasteiger partial charge in [-0.2, -0.15) is 5.26 Å². The standard InChI is InChI=1S/C24H33NO3/c1-14(13-25)19-7-8-20-18-6-5-16-11-17(28-15(2)26)9-10-23(16,3)22(18)21(27)12-24(19,20)4/h16-18,20,22H,5-12H2,1-4H3/b19-14+/t16-,17+,18-,20-,22+,23-,24+/m0/s1. The highest BCUT2D eigenvalue weighted by Gasteiger charge is 2.62. The van der Waals surface area contributed by atoms with E-state index in [2.05, 4.69) is 19.9 Å². The zero-order chi connectivity index (χ0) is 20.3. The van der Waals surface area contributed by atoms with Crippen molar-refractivity contribution in [2.75, 3.05) is 0 Å². The Balaban J connectivity index is 1.63. The Hall–Kier alpha value is -1.63.